The first-order valence-corrected chi connectivity index (χ1v) is 23.0. The van der Waals surface area contributed by atoms with Crippen molar-refractivity contribution in [3.05, 3.63) is 0 Å². The highest BCUT2D eigenvalue weighted by Crippen LogP contribution is 2.43. The van der Waals surface area contributed by atoms with Gasteiger partial charge in [0.2, 0.25) is 0 Å². The maximum atomic E-state index is 12.6. The smallest absolute Gasteiger partial charge is 0.457 e. The lowest BCUT2D eigenvalue weighted by Gasteiger charge is -2.20. The van der Waals surface area contributed by atoms with E-state index in [1.807, 2.05) is 0 Å². The maximum absolute atomic E-state index is 12.6. The molecule has 0 aliphatic carbocycles. The molecule has 3 atom stereocenters. The van der Waals surface area contributed by atoms with Crippen molar-refractivity contribution < 1.29 is 43.0 Å². The lowest BCUT2D eigenvalue weighted by molar-refractivity contribution is -0.154. The highest BCUT2D eigenvalue weighted by molar-refractivity contribution is 7.47. The molecule has 10 heteroatoms. The Labute approximate surface area is 314 Å². The van der Waals surface area contributed by atoms with Gasteiger partial charge in [-0.2, -0.15) is 0 Å². The van der Waals surface area contributed by atoms with Crippen LogP contribution in [0.15, 0.2) is 0 Å². The van der Waals surface area contributed by atoms with Gasteiger partial charge in [0, 0.05) is 13.0 Å². The molecule has 0 aliphatic heterocycles. The third kappa shape index (κ3) is 39.0. The van der Waals surface area contributed by atoms with Gasteiger partial charge in [0.05, 0.1) is 26.4 Å². The average Bonchev–Trinajstić information content (AvgIpc) is 3.12. The number of phosphoric ester groups is 1. The van der Waals surface area contributed by atoms with Gasteiger partial charge in [-0.1, -0.05) is 194 Å². The van der Waals surface area contributed by atoms with Crippen molar-refractivity contribution in [1.29, 1.82) is 0 Å². The van der Waals surface area contributed by atoms with Crippen LogP contribution in [0.3, 0.4) is 0 Å². The molecule has 0 heterocycles. The summed E-state index contributed by atoms with van der Waals surface area (Å²) < 4.78 is 33.3. The molecule has 0 radical (unpaired) electrons. The highest BCUT2D eigenvalue weighted by atomic mass is 31.2. The molecule has 0 saturated carbocycles. The molecular formula is C41H83O9P. The van der Waals surface area contributed by atoms with Crippen molar-refractivity contribution in [3.63, 3.8) is 0 Å². The Bertz CT molecular complexity index is 769. The first kappa shape index (κ1) is 50.5. The summed E-state index contributed by atoms with van der Waals surface area (Å²) in [5.74, 6) is -0.379. The molecule has 306 valence electrons. The quantitative estimate of drug-likeness (QED) is 0.0317. The molecule has 3 N–H and O–H groups in total. The third-order valence-corrected chi connectivity index (χ3v) is 10.5. The molecule has 0 saturated heterocycles. The van der Waals surface area contributed by atoms with E-state index >= 15 is 0 Å². The molecule has 0 rings (SSSR count). The van der Waals surface area contributed by atoms with Crippen LogP contribution in [-0.4, -0.2) is 66.3 Å². The zero-order valence-corrected chi connectivity index (χ0v) is 34.2. The number of hydrogen-bond acceptors (Lipinski definition) is 8. The molecule has 9 nitrogen and oxygen atoms in total. The summed E-state index contributed by atoms with van der Waals surface area (Å²) in [6, 6.07) is 0. The SMILES string of the molecule is CCCCCCCCCCCCCCCCCCCCCOCC(COP(=O)(O)OCC(O)CO)OC(=O)CCCCCCCCCCCCC. The van der Waals surface area contributed by atoms with Crippen molar-refractivity contribution in [2.24, 2.45) is 0 Å². The molecule has 0 aromatic heterocycles. The first-order chi connectivity index (χ1) is 24.8. The number of carbonyl (C=O) groups excluding carboxylic acids is 1. The first-order valence-electron chi connectivity index (χ1n) is 21.5. The van der Waals surface area contributed by atoms with Gasteiger partial charge in [0.25, 0.3) is 0 Å². The van der Waals surface area contributed by atoms with Crippen LogP contribution >= 0.6 is 7.82 Å². The minimum absolute atomic E-state index is 0.0578. The van der Waals surface area contributed by atoms with Gasteiger partial charge < -0.3 is 24.6 Å². The number of hydrogen-bond donors (Lipinski definition) is 3. The predicted octanol–water partition coefficient (Wildman–Crippen LogP) is 11.5. The van der Waals surface area contributed by atoms with Gasteiger partial charge in [-0.25, -0.2) is 4.57 Å². The Hall–Kier alpha value is -0.540. The fraction of sp³-hybridized carbons (Fsp3) is 0.976. The normalized spacial score (nSPS) is 14.1. The minimum atomic E-state index is -4.50. The molecule has 0 aromatic carbocycles. The van der Waals surface area contributed by atoms with Crippen molar-refractivity contribution in [1.82, 2.24) is 0 Å². The predicted molar refractivity (Wildman–Crippen MR) is 210 cm³/mol. The largest absolute Gasteiger partial charge is 0.472 e. The second-order valence-electron chi connectivity index (χ2n) is 14.7. The molecule has 0 aliphatic rings. The van der Waals surface area contributed by atoms with Crippen molar-refractivity contribution in [2.45, 2.75) is 225 Å². The van der Waals surface area contributed by atoms with Crippen LogP contribution in [-0.2, 0) is 27.9 Å². The van der Waals surface area contributed by atoms with E-state index in [0.29, 0.717) is 6.61 Å². The molecule has 0 bridgehead atoms. The van der Waals surface area contributed by atoms with Crippen LogP contribution in [0.25, 0.3) is 0 Å². The van der Waals surface area contributed by atoms with E-state index in [2.05, 4.69) is 13.8 Å². The van der Waals surface area contributed by atoms with Gasteiger partial charge >= 0.3 is 13.8 Å². The molecule has 0 spiro atoms. The molecular weight excluding hydrogens is 667 g/mol. The standard InChI is InChI=1S/C41H83O9P/c1-3-5-7-9-11-13-15-16-17-18-19-20-21-22-24-26-28-30-32-34-47-37-40(38-49-51(45,46)48-36-39(43)35-42)50-41(44)33-31-29-27-25-23-14-12-10-8-6-4-2/h39-40,42-43H,3-38H2,1-2H3,(H,45,46). The number of unbranched alkanes of at least 4 members (excludes halogenated alkanes) is 28. The van der Waals surface area contributed by atoms with E-state index in [0.717, 1.165) is 32.1 Å². The molecule has 0 aromatic rings. The van der Waals surface area contributed by atoms with E-state index in [-0.39, 0.29) is 25.6 Å². The van der Waals surface area contributed by atoms with E-state index in [4.69, 9.17) is 23.6 Å². The highest BCUT2D eigenvalue weighted by Gasteiger charge is 2.26. The van der Waals surface area contributed by atoms with Crippen molar-refractivity contribution in [3.8, 4) is 0 Å². The van der Waals surface area contributed by atoms with Crippen LogP contribution in [0.2, 0.25) is 0 Å². The molecule has 3 unspecified atom stereocenters. The maximum Gasteiger partial charge on any atom is 0.472 e. The van der Waals surface area contributed by atoms with Crippen LogP contribution < -0.4 is 0 Å². The number of esters is 1. The summed E-state index contributed by atoms with van der Waals surface area (Å²) in [6.07, 6.45) is 36.3. The summed E-state index contributed by atoms with van der Waals surface area (Å²) in [7, 11) is -4.50. The van der Waals surface area contributed by atoms with Crippen LogP contribution in [0.5, 0.6) is 0 Å². The lowest BCUT2D eigenvalue weighted by Crippen LogP contribution is -2.29. The summed E-state index contributed by atoms with van der Waals surface area (Å²) in [4.78, 5) is 22.5. The third-order valence-electron chi connectivity index (χ3n) is 9.54. The zero-order chi connectivity index (χ0) is 37.5. The summed E-state index contributed by atoms with van der Waals surface area (Å²) in [5.41, 5.74) is 0. The van der Waals surface area contributed by atoms with Crippen molar-refractivity contribution >= 4 is 13.8 Å². The topological polar surface area (TPSA) is 132 Å². The van der Waals surface area contributed by atoms with E-state index < -0.39 is 33.2 Å². The average molecular weight is 751 g/mol. The lowest BCUT2D eigenvalue weighted by atomic mass is 10.0. The number of ether oxygens (including phenoxy) is 2. The molecule has 0 fully saturated rings. The Morgan fingerprint density at radius 2 is 0.882 bits per heavy atom. The van der Waals surface area contributed by atoms with Gasteiger partial charge in [-0.15, -0.1) is 0 Å². The van der Waals surface area contributed by atoms with Gasteiger partial charge in [0.15, 0.2) is 0 Å². The van der Waals surface area contributed by atoms with Crippen molar-refractivity contribution in [2.75, 3.05) is 33.0 Å². The number of aliphatic hydroxyl groups is 2. The van der Waals surface area contributed by atoms with Gasteiger partial charge in [-0.3, -0.25) is 13.8 Å². The Kier molecular flexibility index (Phi) is 38.7. The summed E-state index contributed by atoms with van der Waals surface area (Å²) in [5, 5.41) is 18.3. The van der Waals surface area contributed by atoms with E-state index in [9.17, 15) is 19.4 Å². The minimum Gasteiger partial charge on any atom is -0.457 e. The number of phosphoric acid groups is 1. The molecule has 51 heavy (non-hydrogen) atoms. The Morgan fingerprint density at radius 3 is 1.27 bits per heavy atom. The van der Waals surface area contributed by atoms with Crippen LogP contribution in [0.1, 0.15) is 213 Å². The van der Waals surface area contributed by atoms with E-state index in [1.165, 1.54) is 161 Å². The fourth-order valence-electron chi connectivity index (χ4n) is 6.24. The second-order valence-corrected chi connectivity index (χ2v) is 16.2. The number of carbonyl (C=O) groups is 1. The fourth-order valence-corrected chi connectivity index (χ4v) is 7.03. The van der Waals surface area contributed by atoms with Gasteiger partial charge in [0.1, 0.15) is 12.2 Å². The summed E-state index contributed by atoms with van der Waals surface area (Å²) >= 11 is 0. The van der Waals surface area contributed by atoms with Crippen LogP contribution in [0, 0.1) is 0 Å². The summed E-state index contributed by atoms with van der Waals surface area (Å²) in [6.45, 7) is 3.56. The zero-order valence-electron chi connectivity index (χ0n) is 33.3. The Morgan fingerprint density at radius 1 is 0.529 bits per heavy atom. The Balaban J connectivity index is 4.06. The van der Waals surface area contributed by atoms with Gasteiger partial charge in [-0.05, 0) is 12.8 Å². The number of rotatable bonds is 42. The molecule has 0 amide bonds. The second kappa shape index (κ2) is 39.2. The van der Waals surface area contributed by atoms with Crippen LogP contribution in [0.4, 0.5) is 0 Å². The van der Waals surface area contributed by atoms with E-state index in [1.54, 1.807) is 0 Å². The number of aliphatic hydroxyl groups excluding tert-OH is 2. The monoisotopic (exact) mass is 751 g/mol.